The molecule has 4 heteroatoms. The van der Waals surface area contributed by atoms with Crippen molar-refractivity contribution in [2.45, 2.75) is 18.9 Å². The lowest BCUT2D eigenvalue weighted by atomic mass is 10.1. The van der Waals surface area contributed by atoms with E-state index >= 15 is 0 Å². The maximum Gasteiger partial charge on any atom is 0.136 e. The average Bonchev–Trinajstić information content (AvgIpc) is 2.98. The first-order valence-corrected chi connectivity index (χ1v) is 7.15. The molecule has 1 atom stereocenters. The van der Waals surface area contributed by atoms with Crippen LogP contribution in [-0.4, -0.2) is 38.3 Å². The van der Waals surface area contributed by atoms with Crippen LogP contribution in [0.1, 0.15) is 12.8 Å². The van der Waals surface area contributed by atoms with Crippen molar-refractivity contribution in [3.8, 4) is 5.75 Å². The van der Waals surface area contributed by atoms with Gasteiger partial charge in [-0.25, -0.2) is 4.98 Å². The topological polar surface area (TPSA) is 37.4 Å². The zero-order valence-electron chi connectivity index (χ0n) is 12.1. The van der Waals surface area contributed by atoms with Crippen LogP contribution in [0.25, 0.3) is 10.8 Å². The molecule has 1 aliphatic heterocycles. The first-order valence-electron chi connectivity index (χ1n) is 7.15. The van der Waals surface area contributed by atoms with E-state index in [1.54, 1.807) is 7.11 Å². The van der Waals surface area contributed by atoms with Crippen LogP contribution in [0, 0.1) is 0 Å². The molecule has 1 unspecified atom stereocenters. The Labute approximate surface area is 119 Å². The predicted octanol–water partition coefficient (Wildman–Crippen LogP) is 2.43. The molecule has 0 radical (unpaired) electrons. The van der Waals surface area contributed by atoms with Crippen molar-refractivity contribution in [3.05, 3.63) is 30.5 Å². The normalized spacial score (nSPS) is 18.4. The minimum Gasteiger partial charge on any atom is -0.497 e. The van der Waals surface area contributed by atoms with Gasteiger partial charge in [0.25, 0.3) is 0 Å². The van der Waals surface area contributed by atoms with Crippen molar-refractivity contribution in [2.75, 3.05) is 32.1 Å². The molecule has 2 heterocycles. The lowest BCUT2D eigenvalue weighted by Gasteiger charge is -2.23. The molecule has 1 aromatic heterocycles. The monoisotopic (exact) mass is 271 g/mol. The van der Waals surface area contributed by atoms with Crippen LogP contribution in [-0.2, 0) is 0 Å². The van der Waals surface area contributed by atoms with Gasteiger partial charge in [0.15, 0.2) is 0 Å². The van der Waals surface area contributed by atoms with E-state index in [0.29, 0.717) is 6.04 Å². The van der Waals surface area contributed by atoms with Crippen LogP contribution in [0.4, 0.5) is 5.82 Å². The van der Waals surface area contributed by atoms with Gasteiger partial charge in [0, 0.05) is 31.2 Å². The Bertz CT molecular complexity index is 593. The highest BCUT2D eigenvalue weighted by Gasteiger charge is 2.17. The third-order valence-corrected chi connectivity index (χ3v) is 3.97. The van der Waals surface area contributed by atoms with Gasteiger partial charge in [-0.05, 0) is 49.0 Å². The summed E-state index contributed by atoms with van der Waals surface area (Å²) in [5.74, 6) is 1.92. The molecule has 0 amide bonds. The summed E-state index contributed by atoms with van der Waals surface area (Å²) in [6.07, 6.45) is 4.40. The first-order chi connectivity index (χ1) is 9.78. The van der Waals surface area contributed by atoms with Gasteiger partial charge >= 0.3 is 0 Å². The summed E-state index contributed by atoms with van der Waals surface area (Å²) in [4.78, 5) is 6.81. The van der Waals surface area contributed by atoms with Crippen molar-refractivity contribution in [3.63, 3.8) is 0 Å². The Kier molecular flexibility index (Phi) is 3.74. The first kappa shape index (κ1) is 13.2. The molecule has 1 aromatic carbocycles. The molecule has 20 heavy (non-hydrogen) atoms. The average molecular weight is 271 g/mol. The molecule has 106 valence electrons. The van der Waals surface area contributed by atoms with Crippen molar-refractivity contribution in [2.24, 2.45) is 0 Å². The SMILES string of the molecule is COc1ccc2c(N(C)CC3CCCN3)nccc2c1. The molecular formula is C16H21N3O. The maximum atomic E-state index is 5.29. The summed E-state index contributed by atoms with van der Waals surface area (Å²) in [5, 5.41) is 5.88. The van der Waals surface area contributed by atoms with Crippen molar-refractivity contribution in [1.29, 1.82) is 0 Å². The number of methoxy groups -OCH3 is 1. The summed E-state index contributed by atoms with van der Waals surface area (Å²) >= 11 is 0. The molecule has 1 aliphatic rings. The lowest BCUT2D eigenvalue weighted by molar-refractivity contribution is 0.415. The van der Waals surface area contributed by atoms with Crippen molar-refractivity contribution in [1.82, 2.24) is 10.3 Å². The number of pyridine rings is 1. The minimum absolute atomic E-state index is 0.579. The molecular weight excluding hydrogens is 250 g/mol. The number of ether oxygens (including phenoxy) is 1. The highest BCUT2D eigenvalue weighted by atomic mass is 16.5. The predicted molar refractivity (Wildman–Crippen MR) is 82.6 cm³/mol. The number of likely N-dealkylation sites (N-methyl/N-ethyl adjacent to an activating group) is 1. The fourth-order valence-corrected chi connectivity index (χ4v) is 2.90. The number of rotatable bonds is 4. The van der Waals surface area contributed by atoms with E-state index in [2.05, 4.69) is 34.4 Å². The molecule has 1 fully saturated rings. The smallest absolute Gasteiger partial charge is 0.136 e. The molecule has 0 spiro atoms. The van der Waals surface area contributed by atoms with Crippen LogP contribution in [0.15, 0.2) is 30.5 Å². The second-order valence-corrected chi connectivity index (χ2v) is 5.40. The molecule has 1 saturated heterocycles. The van der Waals surface area contributed by atoms with E-state index in [0.717, 1.165) is 24.7 Å². The zero-order valence-corrected chi connectivity index (χ0v) is 12.1. The molecule has 0 aliphatic carbocycles. The number of fused-ring (bicyclic) bond motifs is 1. The van der Waals surface area contributed by atoms with E-state index in [-0.39, 0.29) is 0 Å². The Balaban J connectivity index is 1.89. The third-order valence-electron chi connectivity index (χ3n) is 3.97. The Morgan fingerprint density at radius 2 is 2.30 bits per heavy atom. The fraction of sp³-hybridized carbons (Fsp3) is 0.438. The van der Waals surface area contributed by atoms with Crippen LogP contribution < -0.4 is 15.0 Å². The number of anilines is 1. The van der Waals surface area contributed by atoms with E-state index in [1.807, 2.05) is 18.3 Å². The second-order valence-electron chi connectivity index (χ2n) is 5.40. The Morgan fingerprint density at radius 3 is 3.05 bits per heavy atom. The van der Waals surface area contributed by atoms with Crippen LogP contribution >= 0.6 is 0 Å². The van der Waals surface area contributed by atoms with Crippen molar-refractivity contribution >= 4 is 16.6 Å². The second kappa shape index (κ2) is 5.67. The quantitative estimate of drug-likeness (QED) is 0.927. The van der Waals surface area contributed by atoms with Crippen LogP contribution in [0.5, 0.6) is 5.75 Å². The molecule has 4 nitrogen and oxygen atoms in total. The number of hydrogen-bond donors (Lipinski definition) is 1. The highest BCUT2D eigenvalue weighted by Crippen LogP contribution is 2.27. The number of hydrogen-bond acceptors (Lipinski definition) is 4. The molecule has 0 bridgehead atoms. The fourth-order valence-electron chi connectivity index (χ4n) is 2.90. The van der Waals surface area contributed by atoms with E-state index in [9.17, 15) is 0 Å². The summed E-state index contributed by atoms with van der Waals surface area (Å²) in [6.45, 7) is 2.14. The Hall–Kier alpha value is -1.81. The Morgan fingerprint density at radius 1 is 1.40 bits per heavy atom. The van der Waals surface area contributed by atoms with E-state index in [4.69, 9.17) is 4.74 Å². The molecule has 3 rings (SSSR count). The van der Waals surface area contributed by atoms with Gasteiger partial charge in [-0.1, -0.05) is 0 Å². The standard InChI is InChI=1S/C16H21N3O/c1-19(11-13-4-3-8-17-13)16-15-6-5-14(20-2)10-12(15)7-9-18-16/h5-7,9-10,13,17H,3-4,8,11H2,1-2H3. The summed E-state index contributed by atoms with van der Waals surface area (Å²) in [6, 6.07) is 8.76. The van der Waals surface area contributed by atoms with Crippen LogP contribution in [0.2, 0.25) is 0 Å². The van der Waals surface area contributed by atoms with E-state index in [1.165, 1.54) is 23.6 Å². The minimum atomic E-state index is 0.579. The van der Waals surface area contributed by atoms with Gasteiger partial charge < -0.3 is 15.0 Å². The van der Waals surface area contributed by atoms with Gasteiger partial charge in [0.2, 0.25) is 0 Å². The summed E-state index contributed by atoms with van der Waals surface area (Å²) in [5.41, 5.74) is 0. The number of benzene rings is 1. The largest absolute Gasteiger partial charge is 0.497 e. The maximum absolute atomic E-state index is 5.29. The number of nitrogens with zero attached hydrogens (tertiary/aromatic N) is 2. The number of aromatic nitrogens is 1. The van der Waals surface area contributed by atoms with Gasteiger partial charge in [-0.3, -0.25) is 0 Å². The van der Waals surface area contributed by atoms with Gasteiger partial charge in [-0.2, -0.15) is 0 Å². The van der Waals surface area contributed by atoms with Crippen molar-refractivity contribution < 1.29 is 4.74 Å². The molecule has 2 aromatic rings. The molecule has 0 saturated carbocycles. The zero-order chi connectivity index (χ0) is 13.9. The van der Waals surface area contributed by atoms with Gasteiger partial charge in [-0.15, -0.1) is 0 Å². The van der Waals surface area contributed by atoms with Gasteiger partial charge in [0.05, 0.1) is 7.11 Å². The third kappa shape index (κ3) is 2.56. The number of nitrogens with one attached hydrogen (secondary N) is 1. The summed E-state index contributed by atoms with van der Waals surface area (Å²) in [7, 11) is 3.81. The van der Waals surface area contributed by atoms with Gasteiger partial charge in [0.1, 0.15) is 11.6 Å². The van der Waals surface area contributed by atoms with Crippen LogP contribution in [0.3, 0.4) is 0 Å². The molecule has 1 N–H and O–H groups in total. The lowest BCUT2D eigenvalue weighted by Crippen LogP contribution is -2.35. The summed E-state index contributed by atoms with van der Waals surface area (Å²) < 4.78 is 5.29. The highest BCUT2D eigenvalue weighted by molar-refractivity contribution is 5.93. The van der Waals surface area contributed by atoms with E-state index < -0.39 is 0 Å².